The standard InChI is InChI=1S/C49H33N3/c1-32-15-14-28-48-49(32)39-21-7-13-27-46(39)52(48)44-25-11-5-19-37(44)36-18-4-10-24-43(36)51-45-26-12-6-20-38(45)40-31-33(29-30-47(40)51)50-41-22-8-2-16-34(41)35-17-3-9-23-42(35)50/h2-31H,1H3. The van der Waals surface area contributed by atoms with Crippen molar-refractivity contribution < 1.29 is 0 Å². The van der Waals surface area contributed by atoms with Gasteiger partial charge < -0.3 is 13.7 Å². The molecule has 0 amide bonds. The fraction of sp³-hybridized carbons (Fsp3) is 0.0204. The van der Waals surface area contributed by atoms with Crippen LogP contribution in [0.5, 0.6) is 0 Å². The van der Waals surface area contributed by atoms with Gasteiger partial charge in [-0.1, -0.05) is 121 Å². The van der Waals surface area contributed by atoms with Crippen LogP contribution in [-0.4, -0.2) is 13.7 Å². The van der Waals surface area contributed by atoms with E-state index in [9.17, 15) is 0 Å². The monoisotopic (exact) mass is 663 g/mol. The highest BCUT2D eigenvalue weighted by molar-refractivity contribution is 6.13. The van der Waals surface area contributed by atoms with Crippen LogP contribution in [0.2, 0.25) is 0 Å². The van der Waals surface area contributed by atoms with Gasteiger partial charge in [-0.3, -0.25) is 0 Å². The minimum absolute atomic E-state index is 1.16. The second kappa shape index (κ2) is 11.1. The summed E-state index contributed by atoms with van der Waals surface area (Å²) in [6, 6.07) is 66.5. The quantitative estimate of drug-likeness (QED) is 0.178. The van der Waals surface area contributed by atoms with Crippen LogP contribution in [0.25, 0.3) is 93.6 Å². The zero-order chi connectivity index (χ0) is 34.3. The van der Waals surface area contributed by atoms with Crippen molar-refractivity contribution in [2.45, 2.75) is 6.92 Å². The van der Waals surface area contributed by atoms with Gasteiger partial charge in [0, 0.05) is 49.1 Å². The topological polar surface area (TPSA) is 14.8 Å². The molecule has 11 rings (SSSR count). The van der Waals surface area contributed by atoms with E-state index < -0.39 is 0 Å². The summed E-state index contributed by atoms with van der Waals surface area (Å²) in [7, 11) is 0. The average Bonchev–Trinajstić information content (AvgIpc) is 3.84. The smallest absolute Gasteiger partial charge is 0.0543 e. The van der Waals surface area contributed by atoms with Crippen molar-refractivity contribution >= 4 is 65.4 Å². The molecule has 0 atom stereocenters. The van der Waals surface area contributed by atoms with Crippen molar-refractivity contribution in [2.75, 3.05) is 0 Å². The molecular weight excluding hydrogens is 631 g/mol. The maximum absolute atomic E-state index is 2.46. The molecule has 11 aromatic rings. The molecule has 52 heavy (non-hydrogen) atoms. The van der Waals surface area contributed by atoms with Crippen molar-refractivity contribution in [1.82, 2.24) is 13.7 Å². The number of rotatable bonds is 4. The number of fused-ring (bicyclic) bond motifs is 9. The first kappa shape index (κ1) is 28.9. The highest BCUT2D eigenvalue weighted by Crippen LogP contribution is 2.42. The van der Waals surface area contributed by atoms with Crippen LogP contribution in [0.15, 0.2) is 182 Å². The van der Waals surface area contributed by atoms with Gasteiger partial charge in [0.1, 0.15) is 0 Å². The molecule has 244 valence electrons. The number of nitrogens with zero attached hydrogens (tertiary/aromatic N) is 3. The Morgan fingerprint density at radius 2 is 0.731 bits per heavy atom. The third kappa shape index (κ3) is 4.02. The average molecular weight is 664 g/mol. The van der Waals surface area contributed by atoms with E-state index in [1.807, 2.05) is 0 Å². The molecule has 0 saturated heterocycles. The zero-order valence-corrected chi connectivity index (χ0v) is 28.7. The molecule has 0 aliphatic heterocycles. The van der Waals surface area contributed by atoms with E-state index in [1.54, 1.807) is 0 Å². The largest absolute Gasteiger partial charge is 0.309 e. The number of hydrogen-bond donors (Lipinski definition) is 0. The lowest BCUT2D eigenvalue weighted by Gasteiger charge is -2.18. The van der Waals surface area contributed by atoms with Gasteiger partial charge in [-0.05, 0) is 73.2 Å². The van der Waals surface area contributed by atoms with E-state index in [-0.39, 0.29) is 0 Å². The number of aromatic nitrogens is 3. The molecule has 0 N–H and O–H groups in total. The molecule has 3 heteroatoms. The maximum Gasteiger partial charge on any atom is 0.0543 e. The van der Waals surface area contributed by atoms with E-state index in [2.05, 4.69) is 203 Å². The fourth-order valence-corrected chi connectivity index (χ4v) is 8.81. The summed E-state index contributed by atoms with van der Waals surface area (Å²) in [6.45, 7) is 2.22. The molecule has 0 spiro atoms. The van der Waals surface area contributed by atoms with Gasteiger partial charge >= 0.3 is 0 Å². The molecular formula is C49H33N3. The van der Waals surface area contributed by atoms with E-state index in [1.165, 1.54) is 87.8 Å². The van der Waals surface area contributed by atoms with Crippen LogP contribution < -0.4 is 0 Å². The van der Waals surface area contributed by atoms with Gasteiger partial charge in [-0.15, -0.1) is 0 Å². The van der Waals surface area contributed by atoms with Crippen molar-refractivity contribution in [2.24, 2.45) is 0 Å². The SMILES string of the molecule is Cc1cccc2c1c1ccccc1n2-c1ccccc1-c1ccccc1-n1c2ccccc2c2cc(-n3c4ccccc4c4ccccc43)ccc21. The Morgan fingerprint density at radius 3 is 1.35 bits per heavy atom. The van der Waals surface area contributed by atoms with Gasteiger partial charge in [0.25, 0.3) is 0 Å². The molecule has 0 saturated carbocycles. The summed E-state index contributed by atoms with van der Waals surface area (Å²) >= 11 is 0. The fourth-order valence-electron chi connectivity index (χ4n) is 8.81. The first-order valence-electron chi connectivity index (χ1n) is 18.0. The minimum Gasteiger partial charge on any atom is -0.309 e. The van der Waals surface area contributed by atoms with Gasteiger partial charge in [0.2, 0.25) is 0 Å². The summed E-state index contributed by atoms with van der Waals surface area (Å²) in [5, 5.41) is 7.60. The van der Waals surface area contributed by atoms with E-state index >= 15 is 0 Å². The molecule has 0 radical (unpaired) electrons. The lowest BCUT2D eigenvalue weighted by atomic mass is 10.0. The summed E-state index contributed by atoms with van der Waals surface area (Å²) in [4.78, 5) is 0. The number of aryl methyl sites for hydroxylation is 1. The van der Waals surface area contributed by atoms with Crippen LogP contribution in [-0.2, 0) is 0 Å². The van der Waals surface area contributed by atoms with Gasteiger partial charge in [0.05, 0.1) is 44.5 Å². The Kier molecular flexibility index (Phi) is 6.17. The van der Waals surface area contributed by atoms with E-state index in [0.717, 1.165) is 11.4 Å². The molecule has 0 bridgehead atoms. The normalized spacial score (nSPS) is 11.9. The molecule has 8 aromatic carbocycles. The Hall–Kier alpha value is -6.84. The lowest BCUT2D eigenvalue weighted by Crippen LogP contribution is -2.01. The molecule has 0 aliphatic rings. The second-order valence-corrected chi connectivity index (χ2v) is 13.8. The maximum atomic E-state index is 2.46. The van der Waals surface area contributed by atoms with Crippen molar-refractivity contribution in [1.29, 1.82) is 0 Å². The molecule has 3 heterocycles. The second-order valence-electron chi connectivity index (χ2n) is 13.8. The minimum atomic E-state index is 1.16. The predicted octanol–water partition coefficient (Wildman–Crippen LogP) is 13.0. The predicted molar refractivity (Wildman–Crippen MR) is 220 cm³/mol. The summed E-state index contributed by atoms with van der Waals surface area (Å²) in [6.07, 6.45) is 0. The Balaban J connectivity index is 1.17. The van der Waals surface area contributed by atoms with Crippen LogP contribution >= 0.6 is 0 Å². The van der Waals surface area contributed by atoms with Gasteiger partial charge in [0.15, 0.2) is 0 Å². The highest BCUT2D eigenvalue weighted by atomic mass is 15.0. The third-order valence-electron chi connectivity index (χ3n) is 11.0. The molecule has 3 aromatic heterocycles. The van der Waals surface area contributed by atoms with E-state index in [0.29, 0.717) is 0 Å². The summed E-state index contributed by atoms with van der Waals surface area (Å²) < 4.78 is 7.32. The number of hydrogen-bond acceptors (Lipinski definition) is 0. The summed E-state index contributed by atoms with van der Waals surface area (Å²) in [5.74, 6) is 0. The molecule has 0 fully saturated rings. The van der Waals surface area contributed by atoms with Crippen LogP contribution in [0.3, 0.4) is 0 Å². The first-order chi connectivity index (χ1) is 25.8. The van der Waals surface area contributed by atoms with Crippen molar-refractivity contribution in [3.8, 4) is 28.2 Å². The molecule has 0 aliphatic carbocycles. The Bertz CT molecular complexity index is 3150. The summed E-state index contributed by atoms with van der Waals surface area (Å²) in [5.41, 5.74) is 14.4. The zero-order valence-electron chi connectivity index (χ0n) is 28.7. The Labute approximate surface area is 300 Å². The van der Waals surface area contributed by atoms with Crippen molar-refractivity contribution in [3.63, 3.8) is 0 Å². The van der Waals surface area contributed by atoms with Crippen LogP contribution in [0.4, 0.5) is 0 Å². The van der Waals surface area contributed by atoms with Crippen LogP contribution in [0, 0.1) is 6.92 Å². The third-order valence-corrected chi connectivity index (χ3v) is 11.0. The lowest BCUT2D eigenvalue weighted by molar-refractivity contribution is 1.15. The van der Waals surface area contributed by atoms with Gasteiger partial charge in [-0.2, -0.15) is 0 Å². The number of benzene rings is 8. The first-order valence-corrected chi connectivity index (χ1v) is 18.0. The molecule has 0 unspecified atom stereocenters. The number of para-hydroxylation sites is 6. The van der Waals surface area contributed by atoms with Crippen LogP contribution in [0.1, 0.15) is 5.56 Å². The van der Waals surface area contributed by atoms with Crippen molar-refractivity contribution in [3.05, 3.63) is 188 Å². The van der Waals surface area contributed by atoms with E-state index in [4.69, 9.17) is 0 Å². The Morgan fingerprint density at radius 1 is 0.308 bits per heavy atom. The molecule has 3 nitrogen and oxygen atoms in total. The highest BCUT2D eigenvalue weighted by Gasteiger charge is 2.21. The van der Waals surface area contributed by atoms with Gasteiger partial charge in [-0.25, -0.2) is 0 Å².